The van der Waals surface area contributed by atoms with Crippen molar-refractivity contribution in [3.8, 4) is 0 Å². The van der Waals surface area contributed by atoms with Gasteiger partial charge < -0.3 is 5.11 Å². The Kier molecular flexibility index (Phi) is 4.52. The van der Waals surface area contributed by atoms with Crippen molar-refractivity contribution in [3.05, 3.63) is 21.3 Å². The third-order valence-corrected chi connectivity index (χ3v) is 7.59. The minimum absolute atomic E-state index is 0.297. The molecule has 1 aliphatic rings. The van der Waals surface area contributed by atoms with Crippen LogP contribution in [0.15, 0.2) is 12.1 Å². The van der Waals surface area contributed by atoms with Crippen LogP contribution in [-0.4, -0.2) is 26.6 Å². The largest absolute Gasteiger partial charge is 0.386 e. The molecule has 0 saturated carbocycles. The van der Waals surface area contributed by atoms with E-state index in [1.807, 2.05) is 35.7 Å². The van der Waals surface area contributed by atoms with Gasteiger partial charge in [-0.2, -0.15) is 23.5 Å². The van der Waals surface area contributed by atoms with Crippen LogP contribution >= 0.6 is 46.5 Å². The zero-order chi connectivity index (χ0) is 11.7. The van der Waals surface area contributed by atoms with E-state index in [1.165, 1.54) is 11.3 Å². The molecule has 5 heteroatoms. The molecule has 0 radical (unpaired) electrons. The number of aliphatic hydroxyl groups is 1. The topological polar surface area (TPSA) is 20.2 Å². The summed E-state index contributed by atoms with van der Waals surface area (Å²) in [4.78, 5) is 0.991. The monoisotopic (exact) mass is 294 g/mol. The number of thioether (sulfide) groups is 2. The van der Waals surface area contributed by atoms with Crippen molar-refractivity contribution in [2.45, 2.75) is 35.7 Å². The van der Waals surface area contributed by atoms with Crippen LogP contribution in [0.1, 0.15) is 24.8 Å². The van der Waals surface area contributed by atoms with E-state index in [-0.39, 0.29) is 6.10 Å². The van der Waals surface area contributed by atoms with Gasteiger partial charge in [-0.1, -0.05) is 25.4 Å². The van der Waals surface area contributed by atoms with Crippen LogP contribution < -0.4 is 0 Å². The zero-order valence-electron chi connectivity index (χ0n) is 9.22. The van der Waals surface area contributed by atoms with Crippen molar-refractivity contribution >= 4 is 46.5 Å². The number of thiophene rings is 1. The van der Waals surface area contributed by atoms with Gasteiger partial charge >= 0.3 is 0 Å². The van der Waals surface area contributed by atoms with Gasteiger partial charge in [0.15, 0.2) is 0 Å². The summed E-state index contributed by atoms with van der Waals surface area (Å²) in [5, 5.41) is 11.9. The molecule has 1 aromatic heterocycles. The standard InChI is InChI=1S/C11H15ClOS3/c1-6-7(2)15-9(5-14-6)11(13)8-3-4-10(12)16-8/h3-4,6-7,9,11,13H,5H2,1-2H3. The first kappa shape index (κ1) is 13.1. The molecule has 0 bridgehead atoms. The fraction of sp³-hybridized carbons (Fsp3) is 0.636. The summed E-state index contributed by atoms with van der Waals surface area (Å²) in [5.41, 5.74) is 0. The molecule has 1 aliphatic heterocycles. The van der Waals surface area contributed by atoms with E-state index in [2.05, 4.69) is 13.8 Å². The average molecular weight is 295 g/mol. The second-order valence-electron chi connectivity index (χ2n) is 4.00. The number of hydrogen-bond acceptors (Lipinski definition) is 4. The van der Waals surface area contributed by atoms with E-state index < -0.39 is 0 Å². The van der Waals surface area contributed by atoms with Crippen molar-refractivity contribution < 1.29 is 5.11 Å². The van der Waals surface area contributed by atoms with Gasteiger partial charge in [-0.05, 0) is 12.1 Å². The number of aliphatic hydroxyl groups excluding tert-OH is 1. The molecule has 4 unspecified atom stereocenters. The van der Waals surface area contributed by atoms with Gasteiger partial charge in [-0.15, -0.1) is 11.3 Å². The Morgan fingerprint density at radius 3 is 2.69 bits per heavy atom. The summed E-state index contributed by atoms with van der Waals surface area (Å²) in [6.45, 7) is 4.50. The predicted molar refractivity (Wildman–Crippen MR) is 77.0 cm³/mol. The summed E-state index contributed by atoms with van der Waals surface area (Å²) in [5.74, 6) is 1.02. The van der Waals surface area contributed by atoms with Gasteiger partial charge in [0.05, 0.1) is 4.34 Å². The van der Waals surface area contributed by atoms with E-state index in [0.29, 0.717) is 15.7 Å². The van der Waals surface area contributed by atoms with Crippen LogP contribution in [0.3, 0.4) is 0 Å². The van der Waals surface area contributed by atoms with Gasteiger partial charge in [-0.25, -0.2) is 0 Å². The molecule has 2 rings (SSSR count). The zero-order valence-corrected chi connectivity index (χ0v) is 12.4. The molecule has 1 saturated heterocycles. The van der Waals surface area contributed by atoms with E-state index in [0.717, 1.165) is 15.0 Å². The average Bonchev–Trinajstić information content (AvgIpc) is 2.68. The van der Waals surface area contributed by atoms with Crippen molar-refractivity contribution in [2.24, 2.45) is 0 Å². The summed E-state index contributed by atoms with van der Waals surface area (Å²) >= 11 is 11.2. The summed E-state index contributed by atoms with van der Waals surface area (Å²) < 4.78 is 0.754. The summed E-state index contributed by atoms with van der Waals surface area (Å²) in [6, 6.07) is 3.79. The molecule has 1 N–H and O–H groups in total. The molecule has 16 heavy (non-hydrogen) atoms. The van der Waals surface area contributed by atoms with Crippen molar-refractivity contribution in [3.63, 3.8) is 0 Å². The smallest absolute Gasteiger partial charge is 0.101 e. The van der Waals surface area contributed by atoms with E-state index >= 15 is 0 Å². The normalized spacial score (nSPS) is 32.6. The Bertz CT molecular complexity index is 355. The fourth-order valence-corrected chi connectivity index (χ4v) is 5.84. The molecule has 1 aromatic rings. The van der Waals surface area contributed by atoms with Crippen LogP contribution in [0.25, 0.3) is 0 Å². The van der Waals surface area contributed by atoms with E-state index in [1.54, 1.807) is 0 Å². The molecular weight excluding hydrogens is 280 g/mol. The van der Waals surface area contributed by atoms with Gasteiger partial charge in [0, 0.05) is 26.4 Å². The highest BCUT2D eigenvalue weighted by Crippen LogP contribution is 2.42. The van der Waals surface area contributed by atoms with Gasteiger partial charge in [-0.3, -0.25) is 0 Å². The van der Waals surface area contributed by atoms with Crippen molar-refractivity contribution in [2.75, 3.05) is 5.75 Å². The lowest BCUT2D eigenvalue weighted by Gasteiger charge is -2.33. The van der Waals surface area contributed by atoms with Crippen LogP contribution in [0.4, 0.5) is 0 Å². The third kappa shape index (κ3) is 2.91. The maximum absolute atomic E-state index is 10.3. The van der Waals surface area contributed by atoms with E-state index in [4.69, 9.17) is 11.6 Å². The SMILES string of the molecule is CC1SCC(C(O)c2ccc(Cl)s2)SC1C. The Hall–Kier alpha value is 0.650. The second kappa shape index (κ2) is 5.53. The quantitative estimate of drug-likeness (QED) is 0.888. The molecule has 0 amide bonds. The Morgan fingerprint density at radius 1 is 1.38 bits per heavy atom. The van der Waals surface area contributed by atoms with Gasteiger partial charge in [0.1, 0.15) is 6.10 Å². The molecule has 90 valence electrons. The highest BCUT2D eigenvalue weighted by molar-refractivity contribution is 8.07. The van der Waals surface area contributed by atoms with Gasteiger partial charge in [0.2, 0.25) is 0 Å². The highest BCUT2D eigenvalue weighted by Gasteiger charge is 2.31. The molecule has 0 spiro atoms. The molecule has 1 fully saturated rings. The first-order valence-corrected chi connectivity index (χ1v) is 8.47. The lowest BCUT2D eigenvalue weighted by molar-refractivity contribution is 0.184. The molecule has 0 aromatic carbocycles. The van der Waals surface area contributed by atoms with Crippen molar-refractivity contribution in [1.29, 1.82) is 0 Å². The first-order chi connectivity index (χ1) is 7.58. The molecule has 0 aliphatic carbocycles. The minimum atomic E-state index is -0.370. The predicted octanol–water partition coefficient (Wildman–Crippen LogP) is 4.06. The lowest BCUT2D eigenvalue weighted by atomic mass is 10.2. The van der Waals surface area contributed by atoms with E-state index in [9.17, 15) is 5.11 Å². The Morgan fingerprint density at radius 2 is 2.12 bits per heavy atom. The van der Waals surface area contributed by atoms with Gasteiger partial charge in [0.25, 0.3) is 0 Å². The Balaban J connectivity index is 2.02. The molecule has 2 heterocycles. The summed E-state index contributed by atoms with van der Waals surface area (Å²) in [7, 11) is 0. The summed E-state index contributed by atoms with van der Waals surface area (Å²) in [6.07, 6.45) is -0.370. The first-order valence-electron chi connectivity index (χ1n) is 5.28. The number of halogens is 1. The maximum Gasteiger partial charge on any atom is 0.101 e. The van der Waals surface area contributed by atoms with Crippen LogP contribution in [-0.2, 0) is 0 Å². The van der Waals surface area contributed by atoms with Crippen molar-refractivity contribution in [1.82, 2.24) is 0 Å². The minimum Gasteiger partial charge on any atom is -0.386 e. The Labute approximate surface area is 114 Å². The lowest BCUT2D eigenvalue weighted by Crippen LogP contribution is -2.30. The molecular formula is C11H15ClOS3. The highest BCUT2D eigenvalue weighted by atomic mass is 35.5. The van der Waals surface area contributed by atoms with Crippen LogP contribution in [0.5, 0.6) is 0 Å². The third-order valence-electron chi connectivity index (χ3n) is 2.81. The van der Waals surface area contributed by atoms with Crippen LogP contribution in [0.2, 0.25) is 4.34 Å². The molecule has 1 nitrogen and oxygen atoms in total. The fourth-order valence-electron chi connectivity index (χ4n) is 1.64. The maximum atomic E-state index is 10.3. The van der Waals surface area contributed by atoms with Crippen LogP contribution in [0, 0.1) is 0 Å². The number of rotatable bonds is 2. The second-order valence-corrected chi connectivity index (χ2v) is 8.78. The molecule has 4 atom stereocenters. The number of hydrogen-bond donors (Lipinski definition) is 1.